The highest BCUT2D eigenvalue weighted by Crippen LogP contribution is 2.17. The van der Waals surface area contributed by atoms with Gasteiger partial charge in [0.1, 0.15) is 0 Å². The number of benzene rings is 1. The fraction of sp³-hybridized carbons (Fsp3) is 0.0909. The Morgan fingerprint density at radius 1 is 1.33 bits per heavy atom. The molecule has 4 nitrogen and oxygen atoms in total. The van der Waals surface area contributed by atoms with Crippen molar-refractivity contribution in [3.05, 3.63) is 42.0 Å². The molecule has 4 heteroatoms. The summed E-state index contributed by atoms with van der Waals surface area (Å²) in [6.07, 6.45) is -1.20. The van der Waals surface area contributed by atoms with Crippen LogP contribution in [0.4, 0.5) is 10.5 Å². The molecule has 0 fully saturated rings. The van der Waals surface area contributed by atoms with Gasteiger partial charge in [0.2, 0.25) is 0 Å². The van der Waals surface area contributed by atoms with Crippen LogP contribution in [0.1, 0.15) is 17.3 Å². The molecule has 15 heavy (non-hydrogen) atoms. The van der Waals surface area contributed by atoms with E-state index in [1.807, 2.05) is 0 Å². The number of para-hydroxylation sites is 1. The van der Waals surface area contributed by atoms with Crippen LogP contribution in [0.3, 0.4) is 0 Å². The molecule has 0 spiro atoms. The lowest BCUT2D eigenvalue weighted by Gasteiger charge is -2.07. The topological polar surface area (TPSA) is 66.4 Å². The number of amides is 1. The van der Waals surface area contributed by atoms with E-state index in [1.165, 1.54) is 6.07 Å². The molecule has 0 radical (unpaired) electrons. The average molecular weight is 205 g/mol. The largest absolute Gasteiger partial charge is 0.465 e. The molecule has 0 aliphatic heterocycles. The number of carboxylic acid groups (broad SMARTS) is 1. The van der Waals surface area contributed by atoms with Gasteiger partial charge < -0.3 is 5.11 Å². The molecule has 1 amide bonds. The van der Waals surface area contributed by atoms with E-state index in [4.69, 9.17) is 5.11 Å². The van der Waals surface area contributed by atoms with Gasteiger partial charge in [-0.25, -0.2) is 4.79 Å². The minimum absolute atomic E-state index is 0.264. The van der Waals surface area contributed by atoms with Crippen LogP contribution in [-0.4, -0.2) is 17.0 Å². The van der Waals surface area contributed by atoms with Gasteiger partial charge in [0, 0.05) is 5.56 Å². The van der Waals surface area contributed by atoms with Gasteiger partial charge in [-0.2, -0.15) is 0 Å². The molecule has 0 aromatic heterocycles. The van der Waals surface area contributed by atoms with E-state index in [1.54, 1.807) is 25.1 Å². The van der Waals surface area contributed by atoms with Gasteiger partial charge in [0.15, 0.2) is 5.78 Å². The van der Waals surface area contributed by atoms with Crippen molar-refractivity contribution < 1.29 is 14.7 Å². The van der Waals surface area contributed by atoms with Crippen molar-refractivity contribution in [2.24, 2.45) is 0 Å². The molecule has 1 rings (SSSR count). The number of nitrogens with one attached hydrogen (secondary N) is 1. The minimum atomic E-state index is -1.20. The van der Waals surface area contributed by atoms with Crippen LogP contribution in [0.2, 0.25) is 0 Å². The van der Waals surface area contributed by atoms with Crippen LogP contribution < -0.4 is 5.32 Å². The Hall–Kier alpha value is -2.10. The summed E-state index contributed by atoms with van der Waals surface area (Å²) in [6.45, 7) is 5.11. The third-order valence-electron chi connectivity index (χ3n) is 1.80. The highest BCUT2D eigenvalue weighted by molar-refractivity contribution is 6.12. The van der Waals surface area contributed by atoms with Gasteiger partial charge in [-0.1, -0.05) is 18.7 Å². The Kier molecular flexibility index (Phi) is 3.23. The van der Waals surface area contributed by atoms with Crippen molar-refractivity contribution in [1.82, 2.24) is 0 Å². The number of hydrogen-bond acceptors (Lipinski definition) is 2. The molecule has 1 aromatic carbocycles. The van der Waals surface area contributed by atoms with E-state index in [9.17, 15) is 9.59 Å². The molecule has 0 aliphatic rings. The molecule has 0 saturated heterocycles. The number of hydrogen-bond donors (Lipinski definition) is 2. The molecular weight excluding hydrogens is 194 g/mol. The zero-order chi connectivity index (χ0) is 11.4. The van der Waals surface area contributed by atoms with E-state index in [2.05, 4.69) is 11.9 Å². The van der Waals surface area contributed by atoms with E-state index < -0.39 is 6.09 Å². The maximum atomic E-state index is 11.6. The number of Topliss-reactive ketones (excluding diaryl/α,β-unsaturated/α-hetero) is 1. The Morgan fingerprint density at radius 3 is 2.47 bits per heavy atom. The van der Waals surface area contributed by atoms with Crippen molar-refractivity contribution in [2.45, 2.75) is 6.92 Å². The first-order valence-electron chi connectivity index (χ1n) is 4.31. The van der Waals surface area contributed by atoms with Crippen molar-refractivity contribution in [1.29, 1.82) is 0 Å². The lowest BCUT2D eigenvalue weighted by atomic mass is 10.0. The second-order valence-electron chi connectivity index (χ2n) is 3.09. The molecule has 78 valence electrons. The van der Waals surface area contributed by atoms with Crippen molar-refractivity contribution in [3.63, 3.8) is 0 Å². The summed E-state index contributed by atoms with van der Waals surface area (Å²) in [4.78, 5) is 22.1. The first-order valence-corrected chi connectivity index (χ1v) is 4.31. The zero-order valence-corrected chi connectivity index (χ0v) is 8.28. The Balaban J connectivity index is 3.11. The number of carbonyl (C=O) groups is 2. The lowest BCUT2D eigenvalue weighted by molar-refractivity contribution is 0.103. The monoisotopic (exact) mass is 205 g/mol. The second-order valence-corrected chi connectivity index (χ2v) is 3.09. The summed E-state index contributed by atoms with van der Waals surface area (Å²) in [7, 11) is 0. The molecule has 0 unspecified atom stereocenters. The predicted molar refractivity (Wildman–Crippen MR) is 57.2 cm³/mol. The third-order valence-corrected chi connectivity index (χ3v) is 1.80. The van der Waals surface area contributed by atoms with E-state index in [0.717, 1.165) is 0 Å². The number of ketones is 1. The fourth-order valence-corrected chi connectivity index (χ4v) is 1.14. The molecular formula is C11H11NO3. The van der Waals surface area contributed by atoms with Crippen molar-refractivity contribution in [3.8, 4) is 0 Å². The van der Waals surface area contributed by atoms with E-state index in [-0.39, 0.29) is 11.5 Å². The lowest BCUT2D eigenvalue weighted by Crippen LogP contribution is -2.12. The standard InChI is InChI=1S/C11H11NO3/c1-7(2)10(13)8-5-3-4-6-9(8)12-11(14)15/h3-6,12H,1H2,2H3,(H,14,15). The summed E-state index contributed by atoms with van der Waals surface area (Å²) in [5.74, 6) is -0.264. The van der Waals surface area contributed by atoms with Gasteiger partial charge in [-0.3, -0.25) is 10.1 Å². The van der Waals surface area contributed by atoms with Gasteiger partial charge in [0.25, 0.3) is 0 Å². The molecule has 0 saturated carbocycles. The number of allylic oxidation sites excluding steroid dienone is 1. The van der Waals surface area contributed by atoms with E-state index in [0.29, 0.717) is 11.1 Å². The average Bonchev–Trinajstić information content (AvgIpc) is 2.16. The maximum absolute atomic E-state index is 11.6. The first-order chi connectivity index (χ1) is 7.02. The van der Waals surface area contributed by atoms with Gasteiger partial charge in [-0.05, 0) is 24.6 Å². The van der Waals surface area contributed by atoms with Gasteiger partial charge in [-0.15, -0.1) is 0 Å². The predicted octanol–water partition coefficient (Wildman–Crippen LogP) is 2.54. The Morgan fingerprint density at radius 2 is 1.93 bits per heavy atom. The molecule has 0 aliphatic carbocycles. The van der Waals surface area contributed by atoms with Crippen molar-refractivity contribution in [2.75, 3.05) is 5.32 Å². The van der Waals surface area contributed by atoms with Gasteiger partial charge in [0.05, 0.1) is 5.69 Å². The SMILES string of the molecule is C=C(C)C(=O)c1ccccc1NC(=O)O. The zero-order valence-electron chi connectivity index (χ0n) is 8.28. The second kappa shape index (κ2) is 4.41. The summed E-state index contributed by atoms with van der Waals surface area (Å²) >= 11 is 0. The first kappa shape index (κ1) is 11.0. The van der Waals surface area contributed by atoms with E-state index >= 15 is 0 Å². The fourth-order valence-electron chi connectivity index (χ4n) is 1.14. The molecule has 0 bridgehead atoms. The van der Waals surface area contributed by atoms with Crippen LogP contribution >= 0.6 is 0 Å². The summed E-state index contributed by atoms with van der Waals surface area (Å²) in [5.41, 5.74) is 0.958. The molecule has 0 heterocycles. The third kappa shape index (κ3) is 2.67. The highest BCUT2D eigenvalue weighted by Gasteiger charge is 2.12. The van der Waals surface area contributed by atoms with Crippen molar-refractivity contribution >= 4 is 17.6 Å². The number of carbonyl (C=O) groups excluding carboxylic acids is 1. The maximum Gasteiger partial charge on any atom is 0.409 e. The normalized spacial score (nSPS) is 9.40. The van der Waals surface area contributed by atoms with Crippen LogP contribution in [0.25, 0.3) is 0 Å². The number of anilines is 1. The highest BCUT2D eigenvalue weighted by atomic mass is 16.4. The van der Waals surface area contributed by atoms with Gasteiger partial charge >= 0.3 is 6.09 Å². The van der Waals surface area contributed by atoms with Crippen LogP contribution in [0, 0.1) is 0 Å². The smallest absolute Gasteiger partial charge is 0.409 e. The summed E-state index contributed by atoms with van der Waals surface area (Å²) in [5, 5.41) is 10.7. The van der Waals surface area contributed by atoms with Crippen LogP contribution in [0.5, 0.6) is 0 Å². The molecule has 1 aromatic rings. The Labute approximate surface area is 87.2 Å². The molecule has 2 N–H and O–H groups in total. The quantitative estimate of drug-likeness (QED) is 0.588. The Bertz CT molecular complexity index is 424. The number of rotatable bonds is 3. The van der Waals surface area contributed by atoms with Crippen LogP contribution in [-0.2, 0) is 0 Å². The van der Waals surface area contributed by atoms with Crippen LogP contribution in [0.15, 0.2) is 36.4 Å². The minimum Gasteiger partial charge on any atom is -0.465 e. The summed E-state index contributed by atoms with van der Waals surface area (Å²) < 4.78 is 0. The summed E-state index contributed by atoms with van der Waals surface area (Å²) in [6, 6.07) is 6.41. The molecule has 0 atom stereocenters.